The van der Waals surface area contributed by atoms with Gasteiger partial charge in [-0.2, -0.15) is 0 Å². The van der Waals surface area contributed by atoms with E-state index in [0.717, 1.165) is 12.8 Å². The van der Waals surface area contributed by atoms with Crippen LogP contribution in [0.2, 0.25) is 0 Å². The highest BCUT2D eigenvalue weighted by Gasteiger charge is 2.23. The van der Waals surface area contributed by atoms with Crippen LogP contribution in [0.1, 0.15) is 29.0 Å². The van der Waals surface area contributed by atoms with Crippen LogP contribution in [0.3, 0.4) is 0 Å². The summed E-state index contributed by atoms with van der Waals surface area (Å²) in [4.78, 5) is 12.5. The zero-order chi connectivity index (χ0) is 16.7. The number of anilines is 2. The average Bonchev–Trinajstić information content (AvgIpc) is 3.32. The fraction of sp³-hybridized carbons (Fsp3) is 0.235. The number of benzene rings is 1. The molecule has 2 N–H and O–H groups in total. The topological polar surface area (TPSA) is 71.3 Å². The number of carbonyl (C=O) groups excluding carboxylic acids is 1. The Balaban J connectivity index is 1.64. The maximum atomic E-state index is 14.2. The Morgan fingerprint density at radius 2 is 2.08 bits per heavy atom. The van der Waals surface area contributed by atoms with Crippen LogP contribution in [0.4, 0.5) is 15.8 Å². The molecule has 1 fully saturated rings. The molecule has 2 aromatic heterocycles. The Hall–Kier alpha value is -2.96. The Kier molecular flexibility index (Phi) is 3.41. The summed E-state index contributed by atoms with van der Waals surface area (Å²) in [5, 5.41) is 13.9. The summed E-state index contributed by atoms with van der Waals surface area (Å²) in [6, 6.07) is 8.44. The number of hydrogen-bond acceptors (Lipinski definition) is 4. The number of para-hydroxylation sites is 1. The van der Waals surface area contributed by atoms with Crippen LogP contribution in [0.25, 0.3) is 5.65 Å². The third-order valence-corrected chi connectivity index (χ3v) is 4.02. The molecule has 0 bridgehead atoms. The predicted molar refractivity (Wildman–Crippen MR) is 88.7 cm³/mol. The smallest absolute Gasteiger partial charge is 0.257 e. The lowest BCUT2D eigenvalue weighted by atomic mass is 10.2. The molecule has 6 nitrogen and oxygen atoms in total. The second kappa shape index (κ2) is 5.59. The van der Waals surface area contributed by atoms with Gasteiger partial charge in [-0.1, -0.05) is 6.07 Å². The van der Waals surface area contributed by atoms with E-state index >= 15 is 0 Å². The molecule has 122 valence electrons. The summed E-state index contributed by atoms with van der Waals surface area (Å²) in [5.41, 5.74) is 1.85. The molecule has 0 atom stereocenters. The standard InChI is InChI=1S/C17H16FN5O/c1-10-21-22-15-8-5-11(9-23(10)15)17(24)20-16-13(18)3-2-4-14(16)19-12-6-7-12/h2-5,8-9,12,19H,6-7H2,1H3,(H,20,24). The van der Waals surface area contributed by atoms with Gasteiger partial charge in [0.15, 0.2) is 5.65 Å². The Labute approximate surface area is 137 Å². The van der Waals surface area contributed by atoms with Crippen LogP contribution in [-0.2, 0) is 0 Å². The van der Waals surface area contributed by atoms with Gasteiger partial charge in [-0.15, -0.1) is 10.2 Å². The summed E-state index contributed by atoms with van der Waals surface area (Å²) in [5.74, 6) is -0.161. The van der Waals surface area contributed by atoms with Gasteiger partial charge >= 0.3 is 0 Å². The molecule has 0 radical (unpaired) electrons. The average molecular weight is 325 g/mol. The molecule has 1 aliphatic carbocycles. The molecule has 24 heavy (non-hydrogen) atoms. The maximum Gasteiger partial charge on any atom is 0.257 e. The Bertz CT molecular complexity index is 932. The molecular weight excluding hydrogens is 309 g/mol. The minimum Gasteiger partial charge on any atom is -0.381 e. The van der Waals surface area contributed by atoms with Crippen molar-refractivity contribution in [3.63, 3.8) is 0 Å². The second-order valence-corrected chi connectivity index (χ2v) is 5.93. The van der Waals surface area contributed by atoms with E-state index in [1.54, 1.807) is 41.8 Å². The van der Waals surface area contributed by atoms with Crippen molar-refractivity contribution in [1.29, 1.82) is 0 Å². The van der Waals surface area contributed by atoms with Crippen molar-refractivity contribution in [1.82, 2.24) is 14.6 Å². The van der Waals surface area contributed by atoms with Crippen molar-refractivity contribution in [3.8, 4) is 0 Å². The van der Waals surface area contributed by atoms with Gasteiger partial charge < -0.3 is 10.6 Å². The first-order valence-electron chi connectivity index (χ1n) is 7.79. The summed E-state index contributed by atoms with van der Waals surface area (Å²) >= 11 is 0. The van der Waals surface area contributed by atoms with Crippen LogP contribution in [0.15, 0.2) is 36.5 Å². The number of pyridine rings is 1. The number of halogens is 1. The largest absolute Gasteiger partial charge is 0.381 e. The van der Waals surface area contributed by atoms with Gasteiger partial charge in [0.1, 0.15) is 17.3 Å². The molecule has 1 aliphatic rings. The Morgan fingerprint density at radius 3 is 2.88 bits per heavy atom. The zero-order valence-electron chi connectivity index (χ0n) is 13.1. The highest BCUT2D eigenvalue weighted by atomic mass is 19.1. The highest BCUT2D eigenvalue weighted by Crippen LogP contribution is 2.31. The lowest BCUT2D eigenvalue weighted by Crippen LogP contribution is -2.16. The van der Waals surface area contributed by atoms with Crippen LogP contribution in [-0.4, -0.2) is 26.5 Å². The van der Waals surface area contributed by atoms with Crippen molar-refractivity contribution >= 4 is 22.9 Å². The van der Waals surface area contributed by atoms with Crippen molar-refractivity contribution in [2.75, 3.05) is 10.6 Å². The van der Waals surface area contributed by atoms with E-state index in [4.69, 9.17) is 0 Å². The molecule has 4 rings (SSSR count). The van der Waals surface area contributed by atoms with Gasteiger partial charge in [0, 0.05) is 12.2 Å². The SMILES string of the molecule is Cc1nnc2ccc(C(=O)Nc3c(F)cccc3NC3CC3)cn12. The van der Waals surface area contributed by atoms with E-state index in [9.17, 15) is 9.18 Å². The molecule has 2 heterocycles. The quantitative estimate of drug-likeness (QED) is 0.773. The molecule has 0 saturated heterocycles. The van der Waals surface area contributed by atoms with E-state index in [2.05, 4.69) is 20.8 Å². The van der Waals surface area contributed by atoms with Crippen molar-refractivity contribution < 1.29 is 9.18 Å². The van der Waals surface area contributed by atoms with E-state index in [1.165, 1.54) is 6.07 Å². The third-order valence-electron chi connectivity index (χ3n) is 4.02. The molecular formula is C17H16FN5O. The molecule has 0 aliphatic heterocycles. The first-order valence-corrected chi connectivity index (χ1v) is 7.79. The van der Waals surface area contributed by atoms with Crippen molar-refractivity contribution in [3.05, 3.63) is 53.7 Å². The van der Waals surface area contributed by atoms with Gasteiger partial charge in [-0.25, -0.2) is 4.39 Å². The predicted octanol–water partition coefficient (Wildman–Crippen LogP) is 3.00. The van der Waals surface area contributed by atoms with Gasteiger partial charge in [0.25, 0.3) is 5.91 Å². The summed E-state index contributed by atoms with van der Waals surface area (Å²) in [6.07, 6.45) is 3.77. The van der Waals surface area contributed by atoms with Crippen LogP contribution in [0, 0.1) is 12.7 Å². The summed E-state index contributed by atoms with van der Waals surface area (Å²) < 4.78 is 15.9. The van der Waals surface area contributed by atoms with E-state index < -0.39 is 5.82 Å². The first-order chi connectivity index (χ1) is 11.6. The number of carbonyl (C=O) groups is 1. The lowest BCUT2D eigenvalue weighted by Gasteiger charge is -2.13. The summed E-state index contributed by atoms with van der Waals surface area (Å²) in [7, 11) is 0. The first kappa shape index (κ1) is 14.6. The van der Waals surface area contributed by atoms with Crippen molar-refractivity contribution in [2.24, 2.45) is 0 Å². The second-order valence-electron chi connectivity index (χ2n) is 5.93. The highest BCUT2D eigenvalue weighted by molar-refractivity contribution is 6.06. The van der Waals surface area contributed by atoms with Gasteiger partial charge in [-0.05, 0) is 44.0 Å². The van der Waals surface area contributed by atoms with Crippen LogP contribution >= 0.6 is 0 Å². The number of aromatic nitrogens is 3. The molecule has 1 saturated carbocycles. The fourth-order valence-corrected chi connectivity index (χ4v) is 2.54. The van der Waals surface area contributed by atoms with E-state index in [-0.39, 0.29) is 11.6 Å². The number of aryl methyl sites for hydroxylation is 1. The monoisotopic (exact) mass is 325 g/mol. The van der Waals surface area contributed by atoms with Gasteiger partial charge in [0.2, 0.25) is 0 Å². The molecule has 1 amide bonds. The van der Waals surface area contributed by atoms with E-state index in [0.29, 0.717) is 28.8 Å². The fourth-order valence-electron chi connectivity index (χ4n) is 2.54. The van der Waals surface area contributed by atoms with E-state index in [1.807, 2.05) is 0 Å². The molecule has 0 spiro atoms. The number of hydrogen-bond donors (Lipinski definition) is 2. The number of fused-ring (bicyclic) bond motifs is 1. The van der Waals surface area contributed by atoms with Gasteiger partial charge in [0.05, 0.1) is 11.3 Å². The molecule has 0 unspecified atom stereocenters. The molecule has 3 aromatic rings. The Morgan fingerprint density at radius 1 is 1.25 bits per heavy atom. The normalized spacial score (nSPS) is 13.9. The van der Waals surface area contributed by atoms with Crippen LogP contribution in [0.5, 0.6) is 0 Å². The zero-order valence-corrected chi connectivity index (χ0v) is 13.1. The third kappa shape index (κ3) is 2.68. The summed E-state index contributed by atoms with van der Waals surface area (Å²) in [6.45, 7) is 1.80. The molecule has 1 aromatic carbocycles. The molecule has 7 heteroatoms. The van der Waals surface area contributed by atoms with Crippen molar-refractivity contribution in [2.45, 2.75) is 25.8 Å². The maximum absolute atomic E-state index is 14.2. The van der Waals surface area contributed by atoms with Crippen LogP contribution < -0.4 is 10.6 Å². The number of nitrogens with one attached hydrogen (secondary N) is 2. The minimum atomic E-state index is -0.462. The number of nitrogens with zero attached hydrogens (tertiary/aromatic N) is 3. The number of amides is 1. The van der Waals surface area contributed by atoms with Gasteiger partial charge in [-0.3, -0.25) is 9.20 Å². The lowest BCUT2D eigenvalue weighted by molar-refractivity contribution is 0.102. The minimum absolute atomic E-state index is 0.176. The number of rotatable bonds is 4.